The SMILES string of the molecule is NCCC1Cc2ccc(C(F)(F)F)cc2O1. The van der Waals surface area contributed by atoms with Gasteiger partial charge in [0.05, 0.1) is 5.56 Å². The number of hydrogen-bond donors (Lipinski definition) is 1. The molecular formula is C11H12F3NO. The van der Waals surface area contributed by atoms with Gasteiger partial charge in [-0.3, -0.25) is 0 Å². The van der Waals surface area contributed by atoms with Crippen LogP contribution in [-0.4, -0.2) is 12.6 Å². The summed E-state index contributed by atoms with van der Waals surface area (Å²) in [6.07, 6.45) is -3.09. The maximum Gasteiger partial charge on any atom is 0.416 e. The molecule has 1 aromatic rings. The summed E-state index contributed by atoms with van der Waals surface area (Å²) in [7, 11) is 0. The van der Waals surface area contributed by atoms with Gasteiger partial charge in [0.1, 0.15) is 11.9 Å². The summed E-state index contributed by atoms with van der Waals surface area (Å²) in [4.78, 5) is 0. The van der Waals surface area contributed by atoms with Gasteiger partial charge in [-0.15, -0.1) is 0 Å². The molecular weight excluding hydrogens is 219 g/mol. The standard InChI is InChI=1S/C11H12F3NO/c12-11(13,14)8-2-1-7-5-9(3-4-15)16-10(7)6-8/h1-2,6,9H,3-5,15H2. The minimum Gasteiger partial charge on any atom is -0.490 e. The van der Waals surface area contributed by atoms with Gasteiger partial charge in [-0.25, -0.2) is 0 Å². The van der Waals surface area contributed by atoms with E-state index in [4.69, 9.17) is 10.5 Å². The Morgan fingerprint density at radius 2 is 2.12 bits per heavy atom. The Balaban J connectivity index is 2.21. The summed E-state index contributed by atoms with van der Waals surface area (Å²) >= 11 is 0. The summed E-state index contributed by atoms with van der Waals surface area (Å²) in [5, 5.41) is 0. The first kappa shape index (κ1) is 11.3. The highest BCUT2D eigenvalue weighted by molar-refractivity contribution is 5.41. The number of benzene rings is 1. The Kier molecular flexibility index (Phi) is 2.80. The first-order valence-electron chi connectivity index (χ1n) is 5.07. The molecule has 0 amide bonds. The molecule has 2 rings (SSSR count). The fraction of sp³-hybridized carbons (Fsp3) is 0.455. The van der Waals surface area contributed by atoms with Crippen molar-refractivity contribution in [2.24, 2.45) is 5.73 Å². The van der Waals surface area contributed by atoms with Crippen molar-refractivity contribution in [1.29, 1.82) is 0 Å². The van der Waals surface area contributed by atoms with Crippen LogP contribution in [0.2, 0.25) is 0 Å². The summed E-state index contributed by atoms with van der Waals surface area (Å²) < 4.78 is 42.7. The van der Waals surface area contributed by atoms with Gasteiger partial charge in [0.15, 0.2) is 0 Å². The summed E-state index contributed by atoms with van der Waals surface area (Å²) in [5.41, 5.74) is 5.54. The fourth-order valence-corrected chi connectivity index (χ4v) is 1.82. The van der Waals surface area contributed by atoms with Gasteiger partial charge in [0.25, 0.3) is 0 Å². The fourth-order valence-electron chi connectivity index (χ4n) is 1.82. The van der Waals surface area contributed by atoms with Crippen molar-refractivity contribution in [2.45, 2.75) is 25.1 Å². The number of fused-ring (bicyclic) bond motifs is 1. The molecule has 1 aromatic carbocycles. The zero-order valence-corrected chi connectivity index (χ0v) is 8.55. The average Bonchev–Trinajstić information content (AvgIpc) is 2.57. The minimum atomic E-state index is -4.32. The molecule has 0 aromatic heterocycles. The second-order valence-electron chi connectivity index (χ2n) is 3.84. The molecule has 0 saturated heterocycles. The van der Waals surface area contributed by atoms with Crippen LogP contribution >= 0.6 is 0 Å². The molecule has 5 heteroatoms. The molecule has 0 bridgehead atoms. The number of halogens is 3. The monoisotopic (exact) mass is 231 g/mol. The molecule has 16 heavy (non-hydrogen) atoms. The van der Waals surface area contributed by atoms with Gasteiger partial charge in [-0.2, -0.15) is 13.2 Å². The summed E-state index contributed by atoms with van der Waals surface area (Å²) in [6.45, 7) is 0.477. The molecule has 0 saturated carbocycles. The second-order valence-corrected chi connectivity index (χ2v) is 3.84. The van der Waals surface area contributed by atoms with Crippen LogP contribution in [0.4, 0.5) is 13.2 Å². The average molecular weight is 231 g/mol. The van der Waals surface area contributed by atoms with E-state index in [-0.39, 0.29) is 6.10 Å². The lowest BCUT2D eigenvalue weighted by Crippen LogP contribution is -2.17. The van der Waals surface area contributed by atoms with Crippen molar-refractivity contribution in [3.8, 4) is 5.75 Å². The third kappa shape index (κ3) is 2.14. The van der Waals surface area contributed by atoms with Crippen molar-refractivity contribution >= 4 is 0 Å². The molecule has 2 N–H and O–H groups in total. The smallest absolute Gasteiger partial charge is 0.416 e. The van der Waals surface area contributed by atoms with Gasteiger partial charge in [-0.05, 0) is 30.7 Å². The Bertz CT molecular complexity index is 389. The predicted molar refractivity (Wildman–Crippen MR) is 53.2 cm³/mol. The summed E-state index contributed by atoms with van der Waals surface area (Å²) in [6, 6.07) is 3.63. The Labute approximate surface area is 91.2 Å². The third-order valence-electron chi connectivity index (χ3n) is 2.62. The van der Waals surface area contributed by atoms with Crippen molar-refractivity contribution in [1.82, 2.24) is 0 Å². The Morgan fingerprint density at radius 1 is 1.38 bits per heavy atom. The van der Waals surface area contributed by atoms with Crippen LogP contribution in [0.3, 0.4) is 0 Å². The van der Waals surface area contributed by atoms with E-state index < -0.39 is 11.7 Å². The predicted octanol–water partition coefficient (Wildman–Crippen LogP) is 2.36. The highest BCUT2D eigenvalue weighted by Crippen LogP contribution is 2.36. The van der Waals surface area contributed by atoms with Crippen LogP contribution in [-0.2, 0) is 12.6 Å². The molecule has 0 radical (unpaired) electrons. The third-order valence-corrected chi connectivity index (χ3v) is 2.62. The normalized spacial score (nSPS) is 19.4. The molecule has 1 aliphatic rings. The van der Waals surface area contributed by atoms with Gasteiger partial charge in [0, 0.05) is 6.42 Å². The van der Waals surface area contributed by atoms with Crippen LogP contribution in [0.15, 0.2) is 18.2 Å². The molecule has 1 unspecified atom stereocenters. The second kappa shape index (κ2) is 3.97. The van der Waals surface area contributed by atoms with E-state index >= 15 is 0 Å². The quantitative estimate of drug-likeness (QED) is 0.848. The molecule has 0 spiro atoms. The summed E-state index contributed by atoms with van der Waals surface area (Å²) in [5.74, 6) is 0.341. The minimum absolute atomic E-state index is 0.0801. The molecule has 2 nitrogen and oxygen atoms in total. The van der Waals surface area contributed by atoms with Crippen LogP contribution in [0.5, 0.6) is 5.75 Å². The van der Waals surface area contributed by atoms with Crippen LogP contribution in [0, 0.1) is 0 Å². The zero-order valence-electron chi connectivity index (χ0n) is 8.55. The lowest BCUT2D eigenvalue weighted by Gasteiger charge is -2.09. The van der Waals surface area contributed by atoms with E-state index in [1.54, 1.807) is 0 Å². The molecule has 1 heterocycles. The molecule has 0 fully saturated rings. The Morgan fingerprint density at radius 3 is 2.75 bits per heavy atom. The number of ether oxygens (including phenoxy) is 1. The molecule has 1 atom stereocenters. The lowest BCUT2D eigenvalue weighted by atomic mass is 10.1. The maximum absolute atomic E-state index is 12.4. The largest absolute Gasteiger partial charge is 0.490 e. The van der Waals surface area contributed by atoms with E-state index in [0.29, 0.717) is 25.1 Å². The first-order valence-corrected chi connectivity index (χ1v) is 5.07. The van der Waals surface area contributed by atoms with Crippen LogP contribution in [0.1, 0.15) is 17.5 Å². The van der Waals surface area contributed by atoms with E-state index in [2.05, 4.69) is 0 Å². The highest BCUT2D eigenvalue weighted by atomic mass is 19.4. The number of nitrogens with two attached hydrogens (primary N) is 1. The van der Waals surface area contributed by atoms with E-state index in [0.717, 1.165) is 17.7 Å². The van der Waals surface area contributed by atoms with E-state index in [9.17, 15) is 13.2 Å². The van der Waals surface area contributed by atoms with Crippen LogP contribution in [0.25, 0.3) is 0 Å². The Hall–Kier alpha value is -1.23. The molecule has 1 aliphatic heterocycles. The number of hydrogen-bond acceptors (Lipinski definition) is 2. The molecule has 0 aliphatic carbocycles. The lowest BCUT2D eigenvalue weighted by molar-refractivity contribution is -0.137. The zero-order chi connectivity index (χ0) is 11.8. The van der Waals surface area contributed by atoms with E-state index in [1.807, 2.05) is 0 Å². The van der Waals surface area contributed by atoms with Crippen molar-refractivity contribution in [2.75, 3.05) is 6.54 Å². The van der Waals surface area contributed by atoms with Gasteiger partial charge in [-0.1, -0.05) is 6.07 Å². The van der Waals surface area contributed by atoms with Crippen molar-refractivity contribution in [3.05, 3.63) is 29.3 Å². The van der Waals surface area contributed by atoms with Gasteiger partial charge < -0.3 is 10.5 Å². The number of rotatable bonds is 2. The molecule has 88 valence electrons. The van der Waals surface area contributed by atoms with Crippen LogP contribution < -0.4 is 10.5 Å². The maximum atomic E-state index is 12.4. The van der Waals surface area contributed by atoms with E-state index in [1.165, 1.54) is 6.07 Å². The first-order chi connectivity index (χ1) is 7.50. The number of alkyl halides is 3. The van der Waals surface area contributed by atoms with Gasteiger partial charge >= 0.3 is 6.18 Å². The topological polar surface area (TPSA) is 35.2 Å². The highest BCUT2D eigenvalue weighted by Gasteiger charge is 2.33. The van der Waals surface area contributed by atoms with Gasteiger partial charge in [0.2, 0.25) is 0 Å². The van der Waals surface area contributed by atoms with Crippen molar-refractivity contribution < 1.29 is 17.9 Å². The van der Waals surface area contributed by atoms with Crippen molar-refractivity contribution in [3.63, 3.8) is 0 Å².